The standard InChI is InChI=1S/C9H8ClO2/c10-9(12-7-6-11)8-4-2-1-3-5-8/h1-5,9H,7H2. The Morgan fingerprint density at radius 1 is 1.42 bits per heavy atom. The van der Waals surface area contributed by atoms with Gasteiger partial charge in [0.25, 0.3) is 0 Å². The van der Waals surface area contributed by atoms with Gasteiger partial charge in [0, 0.05) is 0 Å². The van der Waals surface area contributed by atoms with Gasteiger partial charge in [0.15, 0.2) is 5.56 Å². The lowest BCUT2D eigenvalue weighted by atomic mass is 10.2. The minimum atomic E-state index is -0.562. The van der Waals surface area contributed by atoms with Gasteiger partial charge in [0.05, 0.1) is 0 Å². The van der Waals surface area contributed by atoms with Gasteiger partial charge in [-0.15, -0.1) is 0 Å². The summed E-state index contributed by atoms with van der Waals surface area (Å²) in [5, 5.41) is 0. The van der Waals surface area contributed by atoms with E-state index in [1.807, 2.05) is 30.3 Å². The molecule has 3 heteroatoms. The van der Waals surface area contributed by atoms with Crippen LogP contribution in [0.5, 0.6) is 0 Å². The van der Waals surface area contributed by atoms with Crippen LogP contribution in [0.2, 0.25) is 0 Å². The molecule has 2 nitrogen and oxygen atoms in total. The molecule has 12 heavy (non-hydrogen) atoms. The number of benzene rings is 1. The van der Waals surface area contributed by atoms with Crippen LogP contribution in [-0.2, 0) is 9.53 Å². The summed E-state index contributed by atoms with van der Waals surface area (Å²) in [6.07, 6.45) is 1.61. The molecule has 0 aromatic heterocycles. The number of alkyl halides is 1. The first kappa shape index (κ1) is 9.23. The van der Waals surface area contributed by atoms with E-state index in [1.165, 1.54) is 0 Å². The second-order valence-electron chi connectivity index (χ2n) is 2.18. The van der Waals surface area contributed by atoms with Crippen molar-refractivity contribution >= 4 is 17.9 Å². The average molecular weight is 184 g/mol. The highest BCUT2D eigenvalue weighted by molar-refractivity contribution is 6.19. The Morgan fingerprint density at radius 3 is 2.67 bits per heavy atom. The number of ether oxygens (including phenoxy) is 1. The first-order valence-electron chi connectivity index (χ1n) is 3.50. The molecule has 0 fully saturated rings. The fourth-order valence-electron chi connectivity index (χ4n) is 0.808. The monoisotopic (exact) mass is 183 g/mol. The lowest BCUT2D eigenvalue weighted by Crippen LogP contribution is -1.99. The second kappa shape index (κ2) is 4.91. The van der Waals surface area contributed by atoms with Gasteiger partial charge in [0.2, 0.25) is 6.29 Å². The molecule has 0 saturated heterocycles. The summed E-state index contributed by atoms with van der Waals surface area (Å²) in [5.74, 6) is 0. The maximum atomic E-state index is 9.83. The van der Waals surface area contributed by atoms with Crippen molar-refractivity contribution in [3.8, 4) is 0 Å². The van der Waals surface area contributed by atoms with Crippen LogP contribution >= 0.6 is 11.6 Å². The molecule has 0 aliphatic carbocycles. The number of hydrogen-bond acceptors (Lipinski definition) is 2. The summed E-state index contributed by atoms with van der Waals surface area (Å²) in [6, 6.07) is 9.28. The lowest BCUT2D eigenvalue weighted by Gasteiger charge is -2.07. The summed E-state index contributed by atoms with van der Waals surface area (Å²) in [4.78, 5) is 9.83. The summed E-state index contributed by atoms with van der Waals surface area (Å²) in [6.45, 7) is -0.0942. The van der Waals surface area contributed by atoms with Crippen molar-refractivity contribution in [1.82, 2.24) is 0 Å². The third-order valence-corrected chi connectivity index (χ3v) is 1.73. The Kier molecular flexibility index (Phi) is 3.77. The molecule has 0 bridgehead atoms. The molecule has 1 atom stereocenters. The van der Waals surface area contributed by atoms with Crippen molar-refractivity contribution in [2.45, 2.75) is 5.56 Å². The summed E-state index contributed by atoms with van der Waals surface area (Å²) in [5.41, 5.74) is 0.280. The highest BCUT2D eigenvalue weighted by Gasteiger charge is 2.05. The number of rotatable bonds is 4. The van der Waals surface area contributed by atoms with Gasteiger partial charge in [0.1, 0.15) is 6.61 Å². The van der Waals surface area contributed by atoms with Crippen molar-refractivity contribution in [1.29, 1.82) is 0 Å². The van der Waals surface area contributed by atoms with Crippen molar-refractivity contribution in [2.75, 3.05) is 6.61 Å². The van der Waals surface area contributed by atoms with E-state index < -0.39 is 5.56 Å². The molecule has 1 aromatic carbocycles. The van der Waals surface area contributed by atoms with Crippen LogP contribution in [0.1, 0.15) is 11.1 Å². The van der Waals surface area contributed by atoms with Crippen LogP contribution in [0.3, 0.4) is 0 Å². The third kappa shape index (κ3) is 2.64. The van der Waals surface area contributed by atoms with Crippen molar-refractivity contribution in [3.63, 3.8) is 0 Å². The molecule has 1 rings (SSSR count). The summed E-state index contributed by atoms with van der Waals surface area (Å²) >= 11 is 5.78. The first-order valence-corrected chi connectivity index (χ1v) is 3.94. The topological polar surface area (TPSA) is 26.3 Å². The maximum Gasteiger partial charge on any atom is 0.226 e. The van der Waals surface area contributed by atoms with Crippen LogP contribution in [-0.4, -0.2) is 12.9 Å². The maximum absolute atomic E-state index is 9.83. The molecule has 0 amide bonds. The van der Waals surface area contributed by atoms with Gasteiger partial charge in [-0.1, -0.05) is 41.9 Å². The van der Waals surface area contributed by atoms with E-state index in [2.05, 4.69) is 0 Å². The minimum absolute atomic E-state index is 0.0942. The molecule has 1 aromatic rings. The van der Waals surface area contributed by atoms with Gasteiger partial charge < -0.3 is 4.74 Å². The van der Waals surface area contributed by atoms with Gasteiger partial charge in [-0.25, -0.2) is 0 Å². The zero-order chi connectivity index (χ0) is 8.81. The van der Waals surface area contributed by atoms with E-state index >= 15 is 0 Å². The van der Waals surface area contributed by atoms with E-state index in [0.717, 1.165) is 5.56 Å². The second-order valence-corrected chi connectivity index (χ2v) is 2.58. The van der Waals surface area contributed by atoms with Gasteiger partial charge in [-0.05, 0) is 5.56 Å². The molecule has 1 unspecified atom stereocenters. The molecule has 0 aliphatic heterocycles. The Morgan fingerprint density at radius 2 is 2.08 bits per heavy atom. The molecule has 0 heterocycles. The lowest BCUT2D eigenvalue weighted by molar-refractivity contribution is 0.142. The normalized spacial score (nSPS) is 12.4. The van der Waals surface area contributed by atoms with Crippen LogP contribution < -0.4 is 0 Å². The highest BCUT2D eigenvalue weighted by Crippen LogP contribution is 2.20. The van der Waals surface area contributed by atoms with E-state index in [1.54, 1.807) is 6.29 Å². The van der Waals surface area contributed by atoms with E-state index in [4.69, 9.17) is 16.3 Å². The third-order valence-electron chi connectivity index (χ3n) is 1.35. The van der Waals surface area contributed by atoms with Crippen LogP contribution in [0.25, 0.3) is 0 Å². The van der Waals surface area contributed by atoms with Gasteiger partial charge in [-0.2, -0.15) is 0 Å². The van der Waals surface area contributed by atoms with Crippen LogP contribution in [0.4, 0.5) is 0 Å². The number of carbonyl (C=O) groups excluding carboxylic acids is 1. The molecule has 63 valence electrons. The number of hydrogen-bond donors (Lipinski definition) is 0. The first-order chi connectivity index (χ1) is 5.84. The predicted octanol–water partition coefficient (Wildman–Crippen LogP) is 2.05. The smallest absolute Gasteiger partial charge is 0.226 e. The molecule has 0 saturated carbocycles. The summed E-state index contributed by atoms with van der Waals surface area (Å²) in [7, 11) is 0. The zero-order valence-corrected chi connectivity index (χ0v) is 7.12. The fraction of sp³-hybridized carbons (Fsp3) is 0.222. The Hall–Kier alpha value is -0.860. The van der Waals surface area contributed by atoms with E-state index in [9.17, 15) is 4.79 Å². The Balaban J connectivity index is 2.53. The molecule has 0 N–H and O–H groups in total. The van der Waals surface area contributed by atoms with Crippen molar-refractivity contribution in [2.24, 2.45) is 0 Å². The predicted molar refractivity (Wildman–Crippen MR) is 46.7 cm³/mol. The van der Waals surface area contributed by atoms with Gasteiger partial charge in [-0.3, -0.25) is 4.79 Å². The molecule has 0 spiro atoms. The number of halogens is 1. The SMILES string of the molecule is O=[C]COC(Cl)c1ccccc1. The quantitative estimate of drug-likeness (QED) is 0.668. The largest absolute Gasteiger partial charge is 0.350 e. The zero-order valence-electron chi connectivity index (χ0n) is 6.37. The fourth-order valence-corrected chi connectivity index (χ4v) is 1.02. The summed E-state index contributed by atoms with van der Waals surface area (Å²) < 4.78 is 4.92. The molecular formula is C9H8ClO2. The van der Waals surface area contributed by atoms with Crippen LogP contribution in [0.15, 0.2) is 30.3 Å². The highest BCUT2D eigenvalue weighted by atomic mass is 35.5. The van der Waals surface area contributed by atoms with Crippen molar-refractivity contribution in [3.05, 3.63) is 35.9 Å². The minimum Gasteiger partial charge on any atom is -0.350 e. The average Bonchev–Trinajstić information content (AvgIpc) is 2.15. The van der Waals surface area contributed by atoms with Crippen molar-refractivity contribution < 1.29 is 9.53 Å². The van der Waals surface area contributed by atoms with Crippen LogP contribution in [0, 0.1) is 0 Å². The molecule has 0 aliphatic rings. The Bertz CT molecular complexity index is 236. The van der Waals surface area contributed by atoms with Gasteiger partial charge >= 0.3 is 0 Å². The van der Waals surface area contributed by atoms with E-state index in [-0.39, 0.29) is 6.61 Å². The molecular weight excluding hydrogens is 176 g/mol. The van der Waals surface area contributed by atoms with E-state index in [0.29, 0.717) is 0 Å². The molecule has 1 radical (unpaired) electrons. The Labute approximate surface area is 76.1 Å².